The molecule has 0 saturated heterocycles. The Morgan fingerprint density at radius 2 is 1.80 bits per heavy atom. The highest BCUT2D eigenvalue weighted by Crippen LogP contribution is 2.10. The highest BCUT2D eigenvalue weighted by molar-refractivity contribution is 5.81. The number of carbonyl (C=O) groups is 3. The molecule has 116 valence electrons. The topological polar surface area (TPSA) is 102 Å². The Hall–Kier alpha value is -1.86. The van der Waals surface area contributed by atoms with Gasteiger partial charge in [0.25, 0.3) is 0 Å². The van der Waals surface area contributed by atoms with Crippen LogP contribution in [-0.2, 0) is 19.1 Å². The highest BCUT2D eigenvalue weighted by atomic mass is 19.1. The van der Waals surface area contributed by atoms with Gasteiger partial charge < -0.3 is 19.9 Å². The first-order valence-corrected chi connectivity index (χ1v) is 6.01. The van der Waals surface area contributed by atoms with E-state index in [1.54, 1.807) is 20.8 Å². The van der Waals surface area contributed by atoms with Crippen LogP contribution < -0.4 is 5.32 Å². The third-order valence-electron chi connectivity index (χ3n) is 2.15. The number of aliphatic carboxylic acids is 1. The van der Waals surface area contributed by atoms with E-state index in [-0.39, 0.29) is 6.42 Å². The van der Waals surface area contributed by atoms with Gasteiger partial charge in [0.1, 0.15) is 11.6 Å². The fraction of sp³-hybridized carbons (Fsp3) is 0.750. The van der Waals surface area contributed by atoms with Crippen LogP contribution in [-0.4, -0.2) is 48.1 Å². The van der Waals surface area contributed by atoms with Gasteiger partial charge in [-0.25, -0.2) is 18.8 Å². The molecule has 0 aromatic heterocycles. The van der Waals surface area contributed by atoms with Crippen LogP contribution in [0.25, 0.3) is 0 Å². The Labute approximate surface area is 116 Å². The lowest BCUT2D eigenvalue weighted by molar-refractivity contribution is -0.145. The van der Waals surface area contributed by atoms with Crippen molar-refractivity contribution in [2.24, 2.45) is 0 Å². The van der Waals surface area contributed by atoms with E-state index in [9.17, 15) is 18.8 Å². The number of hydrogen-bond acceptors (Lipinski definition) is 5. The zero-order valence-corrected chi connectivity index (χ0v) is 11.9. The molecule has 0 aliphatic heterocycles. The summed E-state index contributed by atoms with van der Waals surface area (Å²) in [4.78, 5) is 33.3. The highest BCUT2D eigenvalue weighted by Gasteiger charge is 2.27. The van der Waals surface area contributed by atoms with Crippen molar-refractivity contribution in [3.63, 3.8) is 0 Å². The second kappa shape index (κ2) is 7.66. The predicted molar refractivity (Wildman–Crippen MR) is 66.9 cm³/mol. The van der Waals surface area contributed by atoms with Crippen LogP contribution in [0.3, 0.4) is 0 Å². The molecule has 0 bridgehead atoms. The summed E-state index contributed by atoms with van der Waals surface area (Å²) in [5.74, 6) is -2.42. The van der Waals surface area contributed by atoms with E-state index < -0.39 is 42.3 Å². The minimum atomic E-state index is -2.11. The maximum atomic E-state index is 13.0. The van der Waals surface area contributed by atoms with Crippen molar-refractivity contribution in [3.8, 4) is 0 Å². The van der Waals surface area contributed by atoms with Crippen molar-refractivity contribution in [1.82, 2.24) is 5.32 Å². The molecular formula is C12H20FNO6. The number of amides is 1. The molecule has 8 heteroatoms. The molecule has 0 aromatic carbocycles. The summed E-state index contributed by atoms with van der Waals surface area (Å²) in [6.45, 7) is 4.92. The van der Waals surface area contributed by atoms with Gasteiger partial charge in [-0.05, 0) is 33.6 Å². The SMILES string of the molecule is COC(=O)[C@H](CCC(F)C(=O)O)NC(=O)OC(C)(C)C. The Bertz CT molecular complexity index is 365. The molecule has 0 radical (unpaired) electrons. The van der Waals surface area contributed by atoms with Gasteiger partial charge in [0.15, 0.2) is 6.17 Å². The number of methoxy groups -OCH3 is 1. The normalized spacial score (nSPS) is 14.1. The summed E-state index contributed by atoms with van der Waals surface area (Å²) < 4.78 is 22.4. The molecule has 0 saturated carbocycles. The van der Waals surface area contributed by atoms with Gasteiger partial charge in [-0.3, -0.25) is 0 Å². The van der Waals surface area contributed by atoms with Crippen molar-refractivity contribution in [2.75, 3.05) is 7.11 Å². The lowest BCUT2D eigenvalue weighted by atomic mass is 10.1. The van der Waals surface area contributed by atoms with E-state index in [0.29, 0.717) is 0 Å². The van der Waals surface area contributed by atoms with Gasteiger partial charge in [0.05, 0.1) is 7.11 Å². The molecule has 2 N–H and O–H groups in total. The Balaban J connectivity index is 4.54. The molecule has 0 aliphatic carbocycles. The van der Waals surface area contributed by atoms with Gasteiger partial charge >= 0.3 is 18.0 Å². The predicted octanol–water partition coefficient (Wildman–Crippen LogP) is 1.26. The largest absolute Gasteiger partial charge is 0.479 e. The number of esters is 1. The van der Waals surface area contributed by atoms with Crippen LogP contribution in [0.4, 0.5) is 9.18 Å². The summed E-state index contributed by atoms with van der Waals surface area (Å²) >= 11 is 0. The summed E-state index contributed by atoms with van der Waals surface area (Å²) in [6, 6.07) is -1.16. The van der Waals surface area contributed by atoms with Gasteiger partial charge in [0.2, 0.25) is 0 Å². The number of carboxylic acid groups (broad SMARTS) is 1. The molecule has 0 aromatic rings. The number of hydrogen-bond donors (Lipinski definition) is 2. The molecule has 20 heavy (non-hydrogen) atoms. The van der Waals surface area contributed by atoms with Crippen LogP contribution in [0.15, 0.2) is 0 Å². The molecule has 2 atom stereocenters. The molecule has 0 aliphatic rings. The van der Waals surface area contributed by atoms with Crippen molar-refractivity contribution in [3.05, 3.63) is 0 Å². The summed E-state index contributed by atoms with van der Waals surface area (Å²) in [7, 11) is 1.11. The second-order valence-electron chi connectivity index (χ2n) is 5.11. The van der Waals surface area contributed by atoms with Crippen LogP contribution in [0.1, 0.15) is 33.6 Å². The lowest BCUT2D eigenvalue weighted by Gasteiger charge is -2.22. The fourth-order valence-electron chi connectivity index (χ4n) is 1.28. The number of halogens is 1. The Kier molecular flexibility index (Phi) is 6.95. The molecule has 1 amide bonds. The Morgan fingerprint density at radius 1 is 1.25 bits per heavy atom. The van der Waals surface area contributed by atoms with Crippen molar-refractivity contribution >= 4 is 18.0 Å². The molecule has 0 fully saturated rings. The van der Waals surface area contributed by atoms with E-state index in [0.717, 1.165) is 7.11 Å². The smallest absolute Gasteiger partial charge is 0.408 e. The molecule has 0 heterocycles. The summed E-state index contributed by atoms with van der Waals surface area (Å²) in [5.41, 5.74) is -0.756. The molecule has 7 nitrogen and oxygen atoms in total. The van der Waals surface area contributed by atoms with Crippen LogP contribution in [0.2, 0.25) is 0 Å². The number of alkyl carbamates (subject to hydrolysis) is 1. The summed E-state index contributed by atoms with van der Waals surface area (Å²) in [6.07, 6.45) is -3.61. The van der Waals surface area contributed by atoms with Gasteiger partial charge in [0, 0.05) is 0 Å². The molecule has 0 spiro atoms. The maximum Gasteiger partial charge on any atom is 0.408 e. The van der Waals surface area contributed by atoms with E-state index in [4.69, 9.17) is 9.84 Å². The van der Waals surface area contributed by atoms with E-state index in [1.807, 2.05) is 0 Å². The number of ether oxygens (including phenoxy) is 2. The first-order chi connectivity index (χ1) is 9.06. The standard InChI is InChI=1S/C12H20FNO6/c1-12(2,3)20-11(18)14-8(10(17)19-4)6-5-7(13)9(15)16/h7-8H,5-6H2,1-4H3,(H,14,18)(H,15,16)/t7?,8-/m0/s1. The van der Waals surface area contributed by atoms with E-state index in [1.165, 1.54) is 0 Å². The third kappa shape index (κ3) is 7.55. The van der Waals surface area contributed by atoms with Crippen LogP contribution in [0, 0.1) is 0 Å². The van der Waals surface area contributed by atoms with Crippen LogP contribution >= 0.6 is 0 Å². The van der Waals surface area contributed by atoms with Crippen LogP contribution in [0.5, 0.6) is 0 Å². The minimum Gasteiger partial charge on any atom is -0.479 e. The monoisotopic (exact) mass is 293 g/mol. The van der Waals surface area contributed by atoms with Gasteiger partial charge in [-0.2, -0.15) is 0 Å². The fourth-order valence-corrected chi connectivity index (χ4v) is 1.28. The third-order valence-corrected chi connectivity index (χ3v) is 2.15. The average Bonchev–Trinajstić information content (AvgIpc) is 2.30. The van der Waals surface area contributed by atoms with E-state index in [2.05, 4.69) is 10.1 Å². The maximum absolute atomic E-state index is 13.0. The number of carboxylic acids is 1. The average molecular weight is 293 g/mol. The lowest BCUT2D eigenvalue weighted by Crippen LogP contribution is -2.44. The summed E-state index contributed by atoms with van der Waals surface area (Å²) in [5, 5.41) is 10.6. The number of rotatable bonds is 6. The molecule has 1 unspecified atom stereocenters. The second-order valence-corrected chi connectivity index (χ2v) is 5.11. The van der Waals surface area contributed by atoms with Crippen molar-refractivity contribution in [2.45, 2.75) is 51.4 Å². The molecular weight excluding hydrogens is 273 g/mol. The zero-order chi connectivity index (χ0) is 15.9. The quantitative estimate of drug-likeness (QED) is 0.715. The first-order valence-electron chi connectivity index (χ1n) is 6.01. The number of carbonyl (C=O) groups excluding carboxylic acids is 2. The number of nitrogens with one attached hydrogen (secondary N) is 1. The van der Waals surface area contributed by atoms with Crippen molar-refractivity contribution in [1.29, 1.82) is 0 Å². The zero-order valence-electron chi connectivity index (χ0n) is 11.9. The van der Waals surface area contributed by atoms with E-state index >= 15 is 0 Å². The minimum absolute atomic E-state index is 0.209. The Morgan fingerprint density at radius 3 is 2.20 bits per heavy atom. The van der Waals surface area contributed by atoms with Gasteiger partial charge in [-0.1, -0.05) is 0 Å². The molecule has 0 rings (SSSR count). The first kappa shape index (κ1) is 18.1. The van der Waals surface area contributed by atoms with Crippen molar-refractivity contribution < 1.29 is 33.4 Å². The van der Waals surface area contributed by atoms with Gasteiger partial charge in [-0.15, -0.1) is 0 Å². The number of alkyl halides is 1.